The zero-order valence-electron chi connectivity index (χ0n) is 11.9. The number of thioether (sulfide) groups is 1. The summed E-state index contributed by atoms with van der Waals surface area (Å²) in [5, 5.41) is 0. The summed E-state index contributed by atoms with van der Waals surface area (Å²) >= 11 is 1.80. The third-order valence-electron chi connectivity index (χ3n) is 3.19. The third-order valence-corrected chi connectivity index (χ3v) is 4.12. The van der Waals surface area contributed by atoms with Crippen molar-refractivity contribution in [1.29, 1.82) is 0 Å². The van der Waals surface area contributed by atoms with Gasteiger partial charge in [-0.3, -0.25) is 9.97 Å². The van der Waals surface area contributed by atoms with E-state index in [0.29, 0.717) is 0 Å². The minimum Gasteiger partial charge on any atom is -0.254 e. The lowest BCUT2D eigenvalue weighted by Gasteiger charge is -2.11. The van der Waals surface area contributed by atoms with Crippen molar-refractivity contribution in [2.24, 2.45) is 0 Å². The first-order chi connectivity index (χ1) is 10.4. The Morgan fingerprint density at radius 3 is 2.29 bits per heavy atom. The summed E-state index contributed by atoms with van der Waals surface area (Å²) < 4.78 is 0. The Morgan fingerprint density at radius 2 is 1.52 bits per heavy atom. The van der Waals surface area contributed by atoms with Gasteiger partial charge in [0.05, 0.1) is 5.69 Å². The van der Waals surface area contributed by atoms with E-state index < -0.39 is 0 Å². The van der Waals surface area contributed by atoms with Crippen LogP contribution in [0.3, 0.4) is 0 Å². The van der Waals surface area contributed by atoms with Crippen LogP contribution in [0.4, 0.5) is 0 Å². The van der Waals surface area contributed by atoms with E-state index in [1.54, 1.807) is 11.8 Å². The van der Waals surface area contributed by atoms with Gasteiger partial charge in [-0.15, -0.1) is 11.8 Å². The van der Waals surface area contributed by atoms with E-state index in [1.807, 2.05) is 42.7 Å². The second kappa shape index (κ2) is 6.55. The van der Waals surface area contributed by atoms with Crippen LogP contribution in [0.15, 0.2) is 71.9 Å². The molecule has 104 valence electrons. The summed E-state index contributed by atoms with van der Waals surface area (Å²) in [6, 6.07) is 18.5. The van der Waals surface area contributed by atoms with Crippen molar-refractivity contribution in [3.05, 3.63) is 67.0 Å². The number of rotatable bonds is 4. The molecule has 0 unspecified atom stereocenters. The number of aromatic nitrogens is 2. The van der Waals surface area contributed by atoms with E-state index in [0.717, 1.165) is 22.7 Å². The molecule has 2 heterocycles. The molecule has 0 bridgehead atoms. The van der Waals surface area contributed by atoms with E-state index in [-0.39, 0.29) is 0 Å². The summed E-state index contributed by atoms with van der Waals surface area (Å²) in [5.41, 5.74) is 4.19. The standard InChI is InChI=1S/C18H16N2S/c1-2-21-16-11-7-13-20-18(16)17-15(10-6-12-19-17)14-8-4-3-5-9-14/h3-13H,2H2,1H3. The average molecular weight is 292 g/mol. The van der Waals surface area contributed by atoms with Gasteiger partial charge >= 0.3 is 0 Å². The Morgan fingerprint density at radius 1 is 0.810 bits per heavy atom. The van der Waals surface area contributed by atoms with Gasteiger partial charge in [-0.2, -0.15) is 0 Å². The summed E-state index contributed by atoms with van der Waals surface area (Å²) in [4.78, 5) is 10.3. The highest BCUT2D eigenvalue weighted by Crippen LogP contribution is 2.34. The lowest BCUT2D eigenvalue weighted by atomic mass is 10.0. The highest BCUT2D eigenvalue weighted by molar-refractivity contribution is 7.99. The Kier molecular flexibility index (Phi) is 4.31. The van der Waals surface area contributed by atoms with Gasteiger partial charge in [0.25, 0.3) is 0 Å². The van der Waals surface area contributed by atoms with Crippen LogP contribution in [0.5, 0.6) is 0 Å². The van der Waals surface area contributed by atoms with Crippen LogP contribution in [0.1, 0.15) is 6.92 Å². The van der Waals surface area contributed by atoms with Crippen molar-refractivity contribution >= 4 is 11.8 Å². The van der Waals surface area contributed by atoms with Crippen LogP contribution in [0, 0.1) is 0 Å². The number of benzene rings is 1. The molecule has 0 saturated carbocycles. The number of hydrogen-bond acceptors (Lipinski definition) is 3. The smallest absolute Gasteiger partial charge is 0.103 e. The minimum absolute atomic E-state index is 0.945. The predicted octanol–water partition coefficient (Wildman–Crippen LogP) is 4.92. The fourth-order valence-electron chi connectivity index (χ4n) is 2.29. The third kappa shape index (κ3) is 2.98. The van der Waals surface area contributed by atoms with E-state index >= 15 is 0 Å². The molecule has 0 aliphatic heterocycles. The summed E-state index contributed by atoms with van der Waals surface area (Å²) in [6.07, 6.45) is 3.66. The highest BCUT2D eigenvalue weighted by Gasteiger charge is 2.13. The Labute approximate surface area is 129 Å². The fraction of sp³-hybridized carbons (Fsp3) is 0.111. The molecule has 2 nitrogen and oxygen atoms in total. The van der Waals surface area contributed by atoms with Crippen molar-refractivity contribution in [2.45, 2.75) is 11.8 Å². The maximum Gasteiger partial charge on any atom is 0.103 e. The zero-order valence-corrected chi connectivity index (χ0v) is 12.7. The largest absolute Gasteiger partial charge is 0.254 e. The molecule has 0 aliphatic rings. The topological polar surface area (TPSA) is 25.8 Å². The molecule has 0 aliphatic carbocycles. The Balaban J connectivity index is 2.16. The van der Waals surface area contributed by atoms with Crippen LogP contribution in [-0.2, 0) is 0 Å². The van der Waals surface area contributed by atoms with Crippen LogP contribution in [0.2, 0.25) is 0 Å². The molecule has 0 spiro atoms. The van der Waals surface area contributed by atoms with Crippen molar-refractivity contribution in [1.82, 2.24) is 9.97 Å². The first kappa shape index (κ1) is 13.8. The lowest BCUT2D eigenvalue weighted by Crippen LogP contribution is -1.93. The van der Waals surface area contributed by atoms with E-state index in [2.05, 4.69) is 41.2 Å². The molecule has 2 aromatic heterocycles. The molecule has 0 fully saturated rings. The quantitative estimate of drug-likeness (QED) is 0.638. The molecule has 3 heteroatoms. The van der Waals surface area contributed by atoms with E-state index in [4.69, 9.17) is 0 Å². The molecule has 3 aromatic rings. The van der Waals surface area contributed by atoms with Crippen molar-refractivity contribution in [3.8, 4) is 22.5 Å². The molecule has 0 N–H and O–H groups in total. The van der Waals surface area contributed by atoms with Gasteiger partial charge in [-0.25, -0.2) is 0 Å². The van der Waals surface area contributed by atoms with Crippen LogP contribution in [0.25, 0.3) is 22.5 Å². The van der Waals surface area contributed by atoms with Crippen molar-refractivity contribution in [3.63, 3.8) is 0 Å². The molecule has 0 amide bonds. The lowest BCUT2D eigenvalue weighted by molar-refractivity contribution is 1.19. The van der Waals surface area contributed by atoms with Crippen LogP contribution in [-0.4, -0.2) is 15.7 Å². The predicted molar refractivity (Wildman–Crippen MR) is 89.3 cm³/mol. The van der Waals surface area contributed by atoms with Gasteiger partial charge < -0.3 is 0 Å². The summed E-state index contributed by atoms with van der Waals surface area (Å²) in [5.74, 6) is 1.02. The molecule has 0 atom stereocenters. The van der Waals surface area contributed by atoms with Crippen molar-refractivity contribution < 1.29 is 0 Å². The summed E-state index contributed by atoms with van der Waals surface area (Å²) in [7, 11) is 0. The average Bonchev–Trinajstić information content (AvgIpc) is 2.57. The van der Waals surface area contributed by atoms with Gasteiger partial charge in [-0.1, -0.05) is 43.3 Å². The Bertz CT molecular complexity index is 726. The van der Waals surface area contributed by atoms with Crippen molar-refractivity contribution in [2.75, 3.05) is 5.75 Å². The molecular weight excluding hydrogens is 276 g/mol. The first-order valence-electron chi connectivity index (χ1n) is 6.98. The van der Waals surface area contributed by atoms with Crippen LogP contribution >= 0.6 is 11.8 Å². The summed E-state index contributed by atoms with van der Waals surface area (Å²) in [6.45, 7) is 2.15. The monoisotopic (exact) mass is 292 g/mol. The normalized spacial score (nSPS) is 10.5. The molecule has 0 radical (unpaired) electrons. The first-order valence-corrected chi connectivity index (χ1v) is 7.97. The molecule has 21 heavy (non-hydrogen) atoms. The van der Waals surface area contributed by atoms with Gasteiger partial charge in [0.15, 0.2) is 0 Å². The molecule has 1 aromatic carbocycles. The van der Waals surface area contributed by atoms with E-state index in [9.17, 15) is 0 Å². The zero-order chi connectivity index (χ0) is 14.5. The van der Waals surface area contributed by atoms with Crippen LogP contribution < -0.4 is 0 Å². The molecule has 3 rings (SSSR count). The highest BCUT2D eigenvalue weighted by atomic mass is 32.2. The number of pyridine rings is 2. The SMILES string of the molecule is CCSc1cccnc1-c1ncccc1-c1ccccc1. The molecular formula is C18H16N2S. The van der Waals surface area contributed by atoms with Gasteiger partial charge in [0, 0.05) is 22.9 Å². The Hall–Kier alpha value is -2.13. The minimum atomic E-state index is 0.945. The van der Waals surface area contributed by atoms with Gasteiger partial charge in [-0.05, 0) is 29.5 Å². The molecule has 0 saturated heterocycles. The van der Waals surface area contributed by atoms with Gasteiger partial charge in [0.1, 0.15) is 5.69 Å². The number of nitrogens with zero attached hydrogens (tertiary/aromatic N) is 2. The maximum atomic E-state index is 4.59. The van der Waals surface area contributed by atoms with E-state index in [1.165, 1.54) is 10.5 Å². The van der Waals surface area contributed by atoms with Gasteiger partial charge in [0.2, 0.25) is 0 Å². The second-order valence-electron chi connectivity index (χ2n) is 4.55. The maximum absolute atomic E-state index is 4.59. The second-order valence-corrected chi connectivity index (χ2v) is 5.85. The number of hydrogen-bond donors (Lipinski definition) is 0. The fourth-order valence-corrected chi connectivity index (χ4v) is 3.06.